The largest absolute Gasteiger partial charge is 0.466 e. The first-order chi connectivity index (χ1) is 9.30. The van der Waals surface area contributed by atoms with Crippen molar-refractivity contribution < 1.29 is 17.9 Å². The highest BCUT2D eigenvalue weighted by Crippen LogP contribution is 2.17. The molecule has 0 spiro atoms. The van der Waals surface area contributed by atoms with Crippen LogP contribution >= 0.6 is 11.3 Å². The standard InChI is InChI=1S/C12H20N2O4S2/c1-4-18-11(15)6-5-10-7-19-12(14-10)13-9(2)8-20(3,16)17/h7,9H,4-6,8H2,1-3H3,(H,13,14). The summed E-state index contributed by atoms with van der Waals surface area (Å²) >= 11 is 1.40. The zero-order chi connectivity index (χ0) is 15.2. The molecule has 0 aromatic carbocycles. The van der Waals surface area contributed by atoms with Crippen LogP contribution in [0, 0.1) is 0 Å². The number of nitrogens with zero attached hydrogens (tertiary/aromatic N) is 1. The molecule has 0 amide bonds. The van der Waals surface area contributed by atoms with E-state index in [9.17, 15) is 13.2 Å². The van der Waals surface area contributed by atoms with Crippen LogP contribution in [-0.4, -0.2) is 44.0 Å². The van der Waals surface area contributed by atoms with Gasteiger partial charge in [-0.1, -0.05) is 0 Å². The average Bonchev–Trinajstić information content (AvgIpc) is 2.71. The fraction of sp³-hybridized carbons (Fsp3) is 0.667. The van der Waals surface area contributed by atoms with Crippen LogP contribution in [0.25, 0.3) is 0 Å². The van der Waals surface area contributed by atoms with Crippen LogP contribution in [0.3, 0.4) is 0 Å². The molecule has 0 bridgehead atoms. The predicted octanol–water partition coefficient (Wildman–Crippen LogP) is 1.48. The van der Waals surface area contributed by atoms with Crippen LogP contribution in [-0.2, 0) is 25.8 Å². The molecule has 0 saturated heterocycles. The van der Waals surface area contributed by atoms with E-state index >= 15 is 0 Å². The number of nitrogens with one attached hydrogen (secondary N) is 1. The Balaban J connectivity index is 2.45. The second kappa shape index (κ2) is 7.58. The zero-order valence-electron chi connectivity index (χ0n) is 11.9. The fourth-order valence-electron chi connectivity index (χ4n) is 1.66. The quantitative estimate of drug-likeness (QED) is 0.730. The van der Waals surface area contributed by atoms with Gasteiger partial charge in [0, 0.05) is 24.1 Å². The van der Waals surface area contributed by atoms with Crippen LogP contribution in [0.2, 0.25) is 0 Å². The lowest BCUT2D eigenvalue weighted by molar-refractivity contribution is -0.143. The van der Waals surface area contributed by atoms with Gasteiger partial charge in [0.15, 0.2) is 5.13 Å². The second-order valence-electron chi connectivity index (χ2n) is 4.59. The highest BCUT2D eigenvalue weighted by molar-refractivity contribution is 7.90. The number of hydrogen-bond acceptors (Lipinski definition) is 7. The van der Waals surface area contributed by atoms with Crippen molar-refractivity contribution in [3.05, 3.63) is 11.1 Å². The van der Waals surface area contributed by atoms with Crippen LogP contribution in [0.1, 0.15) is 26.0 Å². The zero-order valence-corrected chi connectivity index (χ0v) is 13.5. The number of thiazole rings is 1. The molecule has 1 atom stereocenters. The summed E-state index contributed by atoms with van der Waals surface area (Å²) in [5.41, 5.74) is 0.803. The number of aryl methyl sites for hydroxylation is 1. The minimum Gasteiger partial charge on any atom is -0.466 e. The van der Waals surface area contributed by atoms with E-state index in [4.69, 9.17) is 4.74 Å². The number of carbonyl (C=O) groups excluding carboxylic acids is 1. The molecule has 0 aliphatic carbocycles. The number of rotatable bonds is 8. The van der Waals surface area contributed by atoms with Crippen LogP contribution in [0.4, 0.5) is 5.13 Å². The first-order valence-corrected chi connectivity index (χ1v) is 9.28. The smallest absolute Gasteiger partial charge is 0.306 e. The Bertz CT molecular complexity index is 539. The molecule has 1 heterocycles. The third-order valence-corrected chi connectivity index (χ3v) is 4.29. The van der Waals surface area contributed by atoms with Gasteiger partial charge in [-0.05, 0) is 13.8 Å². The van der Waals surface area contributed by atoms with Crippen molar-refractivity contribution in [1.29, 1.82) is 0 Å². The van der Waals surface area contributed by atoms with Crippen molar-refractivity contribution in [3.63, 3.8) is 0 Å². The molecule has 1 aromatic heterocycles. The van der Waals surface area contributed by atoms with Gasteiger partial charge in [-0.3, -0.25) is 4.79 Å². The lowest BCUT2D eigenvalue weighted by atomic mass is 10.2. The van der Waals surface area contributed by atoms with Crippen molar-refractivity contribution in [3.8, 4) is 0 Å². The first kappa shape index (κ1) is 16.9. The molecule has 1 rings (SSSR count). The normalized spacial score (nSPS) is 12.9. The van der Waals surface area contributed by atoms with Crippen molar-refractivity contribution in [1.82, 2.24) is 4.98 Å². The van der Waals surface area contributed by atoms with Crippen LogP contribution in [0.5, 0.6) is 0 Å². The molecule has 1 N–H and O–H groups in total. The third kappa shape index (κ3) is 6.85. The lowest BCUT2D eigenvalue weighted by Gasteiger charge is -2.10. The monoisotopic (exact) mass is 320 g/mol. The Morgan fingerprint density at radius 3 is 2.85 bits per heavy atom. The molecular formula is C12H20N2O4S2. The van der Waals surface area contributed by atoms with Gasteiger partial charge in [-0.25, -0.2) is 13.4 Å². The summed E-state index contributed by atoms with van der Waals surface area (Å²) < 4.78 is 27.2. The highest BCUT2D eigenvalue weighted by atomic mass is 32.2. The van der Waals surface area contributed by atoms with E-state index < -0.39 is 9.84 Å². The third-order valence-electron chi connectivity index (χ3n) is 2.36. The maximum atomic E-state index is 11.2. The van der Waals surface area contributed by atoms with Gasteiger partial charge in [0.05, 0.1) is 24.5 Å². The van der Waals surface area contributed by atoms with E-state index in [-0.39, 0.29) is 17.8 Å². The topological polar surface area (TPSA) is 85.4 Å². The van der Waals surface area contributed by atoms with Crippen LogP contribution in [0.15, 0.2) is 5.38 Å². The van der Waals surface area contributed by atoms with Gasteiger partial charge in [0.1, 0.15) is 9.84 Å². The summed E-state index contributed by atoms with van der Waals surface area (Å²) in [5.74, 6) is -0.175. The van der Waals surface area contributed by atoms with Gasteiger partial charge < -0.3 is 10.1 Å². The molecule has 0 fully saturated rings. The lowest BCUT2D eigenvalue weighted by Crippen LogP contribution is -2.24. The number of sulfone groups is 1. The molecule has 1 unspecified atom stereocenters. The van der Waals surface area contributed by atoms with Gasteiger partial charge in [-0.2, -0.15) is 0 Å². The Morgan fingerprint density at radius 1 is 1.55 bits per heavy atom. The predicted molar refractivity (Wildman–Crippen MR) is 79.9 cm³/mol. The maximum absolute atomic E-state index is 11.2. The minimum atomic E-state index is -3.01. The summed E-state index contributed by atoms with van der Waals surface area (Å²) in [7, 11) is -3.01. The van der Waals surface area contributed by atoms with Gasteiger partial charge in [0.25, 0.3) is 0 Å². The van der Waals surface area contributed by atoms with Crippen molar-refractivity contribution in [2.24, 2.45) is 0 Å². The maximum Gasteiger partial charge on any atom is 0.306 e. The summed E-state index contributed by atoms with van der Waals surface area (Å²) in [4.78, 5) is 15.5. The number of anilines is 1. The molecule has 0 saturated carbocycles. The van der Waals surface area contributed by atoms with Gasteiger partial charge >= 0.3 is 5.97 Å². The summed E-state index contributed by atoms with van der Waals surface area (Å²) in [6.07, 6.45) is 2.03. The Kier molecular flexibility index (Phi) is 6.41. The van der Waals surface area contributed by atoms with Crippen molar-refractivity contribution >= 4 is 32.3 Å². The van der Waals surface area contributed by atoms with E-state index in [0.717, 1.165) is 5.69 Å². The molecule has 0 aliphatic rings. The van der Waals surface area contributed by atoms with E-state index in [0.29, 0.717) is 24.6 Å². The highest BCUT2D eigenvalue weighted by Gasteiger charge is 2.12. The number of carbonyl (C=O) groups is 1. The number of hydrogen-bond donors (Lipinski definition) is 1. The second-order valence-corrected chi connectivity index (χ2v) is 7.63. The molecule has 0 radical (unpaired) electrons. The van der Waals surface area contributed by atoms with Gasteiger partial charge in [-0.15, -0.1) is 11.3 Å². The molecule has 114 valence electrons. The number of ether oxygens (including phenoxy) is 1. The Morgan fingerprint density at radius 2 is 2.25 bits per heavy atom. The first-order valence-electron chi connectivity index (χ1n) is 6.34. The van der Waals surface area contributed by atoms with Crippen LogP contribution < -0.4 is 5.32 Å². The van der Waals surface area contributed by atoms with E-state index in [1.807, 2.05) is 5.38 Å². The van der Waals surface area contributed by atoms with E-state index in [2.05, 4.69) is 10.3 Å². The SMILES string of the molecule is CCOC(=O)CCc1csc(NC(C)CS(C)(=O)=O)n1. The minimum absolute atomic E-state index is 0.0603. The van der Waals surface area contributed by atoms with E-state index in [1.165, 1.54) is 17.6 Å². The molecule has 0 aliphatic heterocycles. The van der Waals surface area contributed by atoms with Crippen molar-refractivity contribution in [2.45, 2.75) is 32.7 Å². The fourth-order valence-corrected chi connectivity index (χ4v) is 3.51. The molecular weight excluding hydrogens is 300 g/mol. The molecule has 20 heavy (non-hydrogen) atoms. The molecule has 6 nitrogen and oxygen atoms in total. The summed E-state index contributed by atoms with van der Waals surface area (Å²) in [6, 6.07) is -0.200. The number of esters is 1. The van der Waals surface area contributed by atoms with Crippen molar-refractivity contribution in [2.75, 3.05) is 23.9 Å². The van der Waals surface area contributed by atoms with Gasteiger partial charge in [0.2, 0.25) is 0 Å². The average molecular weight is 320 g/mol. The summed E-state index contributed by atoms with van der Waals surface area (Å²) in [5, 5.41) is 5.57. The Labute approximate surface area is 123 Å². The Hall–Kier alpha value is -1.15. The molecule has 1 aromatic rings. The molecule has 8 heteroatoms. The summed E-state index contributed by atoms with van der Waals surface area (Å²) in [6.45, 7) is 3.94. The number of aromatic nitrogens is 1. The van der Waals surface area contributed by atoms with E-state index in [1.54, 1.807) is 13.8 Å².